The summed E-state index contributed by atoms with van der Waals surface area (Å²) >= 11 is 0. The average Bonchev–Trinajstić information content (AvgIpc) is 3.81. The number of nitrogens with zero attached hydrogens (tertiary/aromatic N) is 7. The summed E-state index contributed by atoms with van der Waals surface area (Å²) in [5.74, 6) is -0.945. The Kier molecular flexibility index (Phi) is 13.7. The summed E-state index contributed by atoms with van der Waals surface area (Å²) in [4.78, 5) is 73.9. The van der Waals surface area contributed by atoms with Gasteiger partial charge in [-0.3, -0.25) is 34.2 Å². The molecule has 0 bridgehead atoms. The molecule has 2 aromatic heterocycles. The number of aromatic nitrogens is 4. The van der Waals surface area contributed by atoms with Crippen LogP contribution in [0, 0.1) is 12.7 Å². The lowest BCUT2D eigenvalue weighted by Crippen LogP contribution is -2.54. The lowest BCUT2D eigenvalue weighted by atomic mass is 9.89. The molecule has 3 saturated heterocycles. The number of methoxy groups -OCH3 is 1. The number of likely N-dealkylation sites (tertiary alicyclic amines) is 1. The van der Waals surface area contributed by atoms with Gasteiger partial charge in [0.15, 0.2) is 5.65 Å². The van der Waals surface area contributed by atoms with E-state index in [1.54, 1.807) is 25.3 Å². The summed E-state index contributed by atoms with van der Waals surface area (Å²) in [6, 6.07) is 17.9. The van der Waals surface area contributed by atoms with Crippen molar-refractivity contribution in [2.45, 2.75) is 76.5 Å². The standard InChI is InChI=1S/C22H27N7O.C17H18N4O4.C8H9FO/c23-21-19-20(16-6-4-15(5-7-16)12-24-14-30)27-29(22(19)26-13-25-21)18-8-10-28(11-9-18)17-2-1-3-17;22-14-4-3-13(15(23)19-14)21-16(24)11-2-1-10(9-12(11)17(21)25)20-7-5-18-6-8-20;1-6-5-7(9)3-4-8(6)10-2/h4-7,13-14,17-18H,1-3,8-12H2,(H,24,30)(H2,23,25,26);1-2,9,13,18H,3-8H2,(H,19,22,23);3-5H,1-2H3. The molecule has 1 aliphatic carbocycles. The molecule has 4 aliphatic heterocycles. The molecule has 5 N–H and O–H groups in total. The van der Waals surface area contributed by atoms with Gasteiger partial charge in [0.25, 0.3) is 11.8 Å². The van der Waals surface area contributed by atoms with Crippen molar-refractivity contribution in [3.05, 3.63) is 95.1 Å². The van der Waals surface area contributed by atoms with Crippen molar-refractivity contribution in [1.29, 1.82) is 0 Å². The Hall–Kier alpha value is -6.79. The molecular formula is C47H54FN11O6. The molecule has 1 unspecified atom stereocenters. The van der Waals surface area contributed by atoms with Crippen LogP contribution in [0.15, 0.2) is 67.0 Å². The van der Waals surface area contributed by atoms with Crippen LogP contribution in [0.2, 0.25) is 0 Å². The molecule has 65 heavy (non-hydrogen) atoms. The Morgan fingerprint density at radius 3 is 2.28 bits per heavy atom. The number of hydrogen-bond donors (Lipinski definition) is 4. The first kappa shape index (κ1) is 44.8. The molecule has 18 heteroatoms. The van der Waals surface area contributed by atoms with Gasteiger partial charge < -0.3 is 30.9 Å². The van der Waals surface area contributed by atoms with Gasteiger partial charge in [0.05, 0.1) is 29.7 Å². The first-order valence-corrected chi connectivity index (χ1v) is 22.1. The lowest BCUT2D eigenvalue weighted by molar-refractivity contribution is -0.136. The molecule has 5 aromatic rings. The highest BCUT2D eigenvalue weighted by Gasteiger charge is 2.45. The number of carbonyl (C=O) groups is 5. The molecule has 3 aromatic carbocycles. The van der Waals surface area contributed by atoms with E-state index in [1.165, 1.54) is 37.7 Å². The van der Waals surface area contributed by atoms with Gasteiger partial charge in [0.2, 0.25) is 18.2 Å². The van der Waals surface area contributed by atoms with Crippen molar-refractivity contribution in [3.8, 4) is 17.0 Å². The van der Waals surface area contributed by atoms with Gasteiger partial charge in [0, 0.05) is 69.5 Å². The first-order chi connectivity index (χ1) is 31.5. The number of nitrogens with one attached hydrogen (secondary N) is 3. The van der Waals surface area contributed by atoms with E-state index in [1.807, 2.05) is 37.3 Å². The van der Waals surface area contributed by atoms with E-state index in [9.17, 15) is 28.4 Å². The van der Waals surface area contributed by atoms with Crippen molar-refractivity contribution in [2.24, 2.45) is 0 Å². The fourth-order valence-corrected chi connectivity index (χ4v) is 9.06. The molecule has 17 nitrogen and oxygen atoms in total. The topological polar surface area (TPSA) is 210 Å². The third-order valence-corrected chi connectivity index (χ3v) is 12.8. The number of aryl methyl sites for hydroxylation is 1. The van der Waals surface area contributed by atoms with Crippen LogP contribution in [-0.2, 0) is 20.9 Å². The fourth-order valence-electron chi connectivity index (χ4n) is 9.06. The number of halogens is 1. The number of nitrogens with two attached hydrogens (primary N) is 1. The maximum atomic E-state index is 12.8. The van der Waals surface area contributed by atoms with E-state index >= 15 is 0 Å². The van der Waals surface area contributed by atoms with Crippen molar-refractivity contribution >= 4 is 52.6 Å². The van der Waals surface area contributed by atoms with E-state index in [4.69, 9.17) is 15.6 Å². The van der Waals surface area contributed by atoms with Gasteiger partial charge >= 0.3 is 0 Å². The van der Waals surface area contributed by atoms with Crippen molar-refractivity contribution in [3.63, 3.8) is 0 Å². The second kappa shape index (κ2) is 19.9. The second-order valence-corrected chi connectivity index (χ2v) is 16.8. The number of nitrogen functional groups attached to an aromatic ring is 1. The molecule has 5 aliphatic rings. The summed E-state index contributed by atoms with van der Waals surface area (Å²) in [5.41, 5.74) is 12.2. The number of piperazine rings is 1. The molecule has 0 spiro atoms. The van der Waals surface area contributed by atoms with Crippen LogP contribution >= 0.6 is 0 Å². The Labute approximate surface area is 375 Å². The van der Waals surface area contributed by atoms with Gasteiger partial charge in [-0.05, 0) is 86.6 Å². The lowest BCUT2D eigenvalue weighted by Gasteiger charge is -2.41. The number of anilines is 2. The predicted molar refractivity (Wildman–Crippen MR) is 241 cm³/mol. The van der Waals surface area contributed by atoms with Gasteiger partial charge in [-0.2, -0.15) is 5.10 Å². The summed E-state index contributed by atoms with van der Waals surface area (Å²) < 4.78 is 19.4. The molecule has 4 fully saturated rings. The highest BCUT2D eigenvalue weighted by molar-refractivity contribution is 6.23. The fraction of sp³-hybridized carbons (Fsp3) is 0.404. The van der Waals surface area contributed by atoms with Crippen LogP contribution in [0.5, 0.6) is 5.75 Å². The maximum Gasteiger partial charge on any atom is 0.262 e. The number of piperidine rings is 2. The van der Waals surface area contributed by atoms with Crippen LogP contribution in [0.4, 0.5) is 15.9 Å². The SMILES string of the molecule is COc1ccc(F)cc1C.Nc1ncnc2c1c(-c1ccc(CNC=O)cc1)nn2C1CCN(C2CCC2)CC1.O=C1CCC(N2C(=O)c3ccc(N4CCNCC4)cc3C2=O)C(=O)N1. The van der Waals surface area contributed by atoms with Gasteiger partial charge in [-0.15, -0.1) is 0 Å². The molecule has 0 radical (unpaired) electrons. The van der Waals surface area contributed by atoms with Gasteiger partial charge in [-0.1, -0.05) is 30.7 Å². The quantitative estimate of drug-likeness (QED) is 0.121. The van der Waals surface area contributed by atoms with Crippen LogP contribution < -0.4 is 31.3 Å². The zero-order valence-electron chi connectivity index (χ0n) is 36.6. The smallest absolute Gasteiger partial charge is 0.262 e. The number of fused-ring (bicyclic) bond motifs is 2. The number of hydrogen-bond acceptors (Lipinski definition) is 13. The minimum Gasteiger partial charge on any atom is -0.496 e. The van der Waals surface area contributed by atoms with Gasteiger partial charge in [-0.25, -0.2) is 19.0 Å². The minimum absolute atomic E-state index is 0.121. The normalized spacial score (nSPS) is 19.1. The second-order valence-electron chi connectivity index (χ2n) is 16.8. The van der Waals surface area contributed by atoms with Crippen LogP contribution in [0.25, 0.3) is 22.3 Å². The number of ether oxygens (including phenoxy) is 1. The average molecular weight is 888 g/mol. The van der Waals surface area contributed by atoms with E-state index in [0.29, 0.717) is 35.9 Å². The van der Waals surface area contributed by atoms with E-state index < -0.39 is 23.8 Å². The summed E-state index contributed by atoms with van der Waals surface area (Å²) in [5, 5.41) is 14.0. The molecule has 1 saturated carbocycles. The van der Waals surface area contributed by atoms with Gasteiger partial charge in [0.1, 0.15) is 35.4 Å². The molecule has 340 valence electrons. The third kappa shape index (κ3) is 9.68. The molecule has 10 rings (SSSR count). The molecule has 1 atom stereocenters. The summed E-state index contributed by atoms with van der Waals surface area (Å²) in [6.07, 6.45) is 8.74. The van der Waals surface area contributed by atoms with E-state index in [-0.39, 0.29) is 24.6 Å². The number of benzene rings is 3. The first-order valence-electron chi connectivity index (χ1n) is 22.1. The summed E-state index contributed by atoms with van der Waals surface area (Å²) in [7, 11) is 1.57. The Bertz CT molecular complexity index is 2570. The maximum absolute atomic E-state index is 12.8. The largest absolute Gasteiger partial charge is 0.496 e. The molecule has 6 heterocycles. The Balaban J connectivity index is 0.000000148. The van der Waals surface area contributed by atoms with E-state index in [2.05, 4.69) is 40.4 Å². The van der Waals surface area contributed by atoms with Crippen LogP contribution in [0.1, 0.15) is 82.8 Å². The molecular weight excluding hydrogens is 834 g/mol. The Morgan fingerprint density at radius 2 is 1.62 bits per heavy atom. The molecule has 5 amide bonds. The number of imide groups is 2. The zero-order valence-corrected chi connectivity index (χ0v) is 36.6. The minimum atomic E-state index is -0.923. The van der Waals surface area contributed by atoms with E-state index in [0.717, 1.165) is 108 Å². The number of carbonyl (C=O) groups excluding carboxylic acids is 5. The van der Waals surface area contributed by atoms with Crippen molar-refractivity contribution in [1.82, 2.24) is 45.5 Å². The highest BCUT2D eigenvalue weighted by atomic mass is 19.1. The monoisotopic (exact) mass is 887 g/mol. The van der Waals surface area contributed by atoms with Crippen molar-refractivity contribution in [2.75, 3.05) is 57.0 Å². The number of rotatable bonds is 9. The predicted octanol–water partition coefficient (Wildman–Crippen LogP) is 4.15. The summed E-state index contributed by atoms with van der Waals surface area (Å²) in [6.45, 7) is 7.94. The zero-order chi connectivity index (χ0) is 45.6. The van der Waals surface area contributed by atoms with Crippen molar-refractivity contribution < 1.29 is 33.1 Å². The van der Waals surface area contributed by atoms with Crippen LogP contribution in [-0.4, -0.2) is 118 Å². The Morgan fingerprint density at radius 1 is 0.877 bits per heavy atom. The number of amides is 5. The third-order valence-electron chi connectivity index (χ3n) is 12.8. The highest BCUT2D eigenvalue weighted by Crippen LogP contribution is 2.36. The van der Waals surface area contributed by atoms with Crippen LogP contribution in [0.3, 0.4) is 0 Å².